The lowest BCUT2D eigenvalue weighted by atomic mass is 10.1. The normalized spacial score (nSPS) is 20.4. The smallest absolute Gasteiger partial charge is 0.0701 e. The summed E-state index contributed by atoms with van der Waals surface area (Å²) in [5.74, 6) is 0. The molecule has 114 valence electrons. The van der Waals surface area contributed by atoms with Gasteiger partial charge >= 0.3 is 0 Å². The predicted molar refractivity (Wildman–Crippen MR) is 82.7 cm³/mol. The van der Waals surface area contributed by atoms with Crippen molar-refractivity contribution < 1.29 is 4.74 Å². The van der Waals surface area contributed by atoms with Gasteiger partial charge in [-0.1, -0.05) is 26.7 Å². The molecule has 0 bridgehead atoms. The largest absolute Gasteiger partial charge is 0.377 e. The number of unbranched alkanes of at least 4 members (excludes halogenated alkanes) is 3. The number of ether oxygens (including phenoxy) is 1. The molecule has 3 heteroatoms. The molecule has 0 radical (unpaired) electrons. The van der Waals surface area contributed by atoms with E-state index in [0.29, 0.717) is 12.1 Å². The molecule has 0 aromatic rings. The molecule has 1 aliphatic heterocycles. The molecule has 1 rings (SSSR count). The van der Waals surface area contributed by atoms with Gasteiger partial charge in [0.1, 0.15) is 0 Å². The number of nitrogens with one attached hydrogen (secondary N) is 1. The van der Waals surface area contributed by atoms with Crippen LogP contribution in [-0.2, 0) is 4.74 Å². The van der Waals surface area contributed by atoms with Crippen molar-refractivity contribution in [3.8, 4) is 0 Å². The van der Waals surface area contributed by atoms with Crippen LogP contribution >= 0.6 is 0 Å². The minimum atomic E-state index is 0.494. The van der Waals surface area contributed by atoms with Crippen molar-refractivity contribution in [1.82, 2.24) is 10.2 Å². The molecule has 1 N–H and O–H groups in total. The molecule has 0 spiro atoms. The number of rotatable bonds is 10. The second-order valence-electron chi connectivity index (χ2n) is 6.27. The van der Waals surface area contributed by atoms with Gasteiger partial charge in [0.2, 0.25) is 0 Å². The van der Waals surface area contributed by atoms with Crippen LogP contribution in [0.3, 0.4) is 0 Å². The molecule has 3 nitrogen and oxygen atoms in total. The molecule has 1 unspecified atom stereocenters. The van der Waals surface area contributed by atoms with Crippen LogP contribution in [0.2, 0.25) is 0 Å². The summed E-state index contributed by atoms with van der Waals surface area (Å²) in [6.45, 7) is 8.90. The summed E-state index contributed by atoms with van der Waals surface area (Å²) in [6.07, 6.45) is 9.70. The van der Waals surface area contributed by atoms with Gasteiger partial charge in [-0.05, 0) is 52.2 Å². The minimum absolute atomic E-state index is 0.494. The molecule has 0 aliphatic carbocycles. The first-order chi connectivity index (χ1) is 9.18. The molecule has 1 heterocycles. The Morgan fingerprint density at radius 1 is 1.16 bits per heavy atom. The van der Waals surface area contributed by atoms with Crippen molar-refractivity contribution >= 4 is 0 Å². The quantitative estimate of drug-likeness (QED) is 0.618. The third kappa shape index (κ3) is 9.42. The molecular weight excluding hydrogens is 236 g/mol. The SMILES string of the molecule is CC(C)NCCCCCCN(C)CC1CCCCO1. The zero-order valence-electron chi connectivity index (χ0n) is 13.3. The Morgan fingerprint density at radius 2 is 1.95 bits per heavy atom. The molecule has 19 heavy (non-hydrogen) atoms. The Morgan fingerprint density at radius 3 is 2.63 bits per heavy atom. The van der Waals surface area contributed by atoms with E-state index in [0.717, 1.165) is 13.2 Å². The van der Waals surface area contributed by atoms with E-state index < -0.39 is 0 Å². The lowest BCUT2D eigenvalue weighted by molar-refractivity contribution is -0.00160. The fourth-order valence-electron chi connectivity index (χ4n) is 2.64. The van der Waals surface area contributed by atoms with E-state index in [4.69, 9.17) is 4.74 Å². The molecule has 1 aliphatic rings. The Bertz CT molecular complexity index is 203. The van der Waals surface area contributed by atoms with Crippen LogP contribution < -0.4 is 5.32 Å². The van der Waals surface area contributed by atoms with Crippen molar-refractivity contribution in [2.45, 2.75) is 70.9 Å². The molecule has 0 aromatic carbocycles. The first-order valence-electron chi connectivity index (χ1n) is 8.22. The summed E-state index contributed by atoms with van der Waals surface area (Å²) in [7, 11) is 2.23. The van der Waals surface area contributed by atoms with Gasteiger partial charge in [0.15, 0.2) is 0 Å². The summed E-state index contributed by atoms with van der Waals surface area (Å²) >= 11 is 0. The van der Waals surface area contributed by atoms with Gasteiger partial charge in [-0.2, -0.15) is 0 Å². The van der Waals surface area contributed by atoms with Crippen LogP contribution in [0, 0.1) is 0 Å². The van der Waals surface area contributed by atoms with E-state index in [1.54, 1.807) is 0 Å². The molecule has 0 saturated carbocycles. The minimum Gasteiger partial charge on any atom is -0.377 e. The predicted octanol–water partition coefficient (Wildman–Crippen LogP) is 3.05. The summed E-state index contributed by atoms with van der Waals surface area (Å²) in [4.78, 5) is 2.45. The summed E-state index contributed by atoms with van der Waals surface area (Å²) in [6, 6.07) is 0.627. The van der Waals surface area contributed by atoms with Gasteiger partial charge < -0.3 is 15.0 Å². The first kappa shape index (κ1) is 16.9. The first-order valence-corrected chi connectivity index (χ1v) is 8.22. The maximum Gasteiger partial charge on any atom is 0.0701 e. The third-order valence-corrected chi connectivity index (χ3v) is 3.81. The summed E-state index contributed by atoms with van der Waals surface area (Å²) in [5, 5.41) is 3.47. The van der Waals surface area contributed by atoms with E-state index in [1.807, 2.05) is 0 Å². The molecule has 1 saturated heterocycles. The van der Waals surface area contributed by atoms with Crippen LogP contribution in [-0.4, -0.2) is 50.3 Å². The van der Waals surface area contributed by atoms with E-state index in [9.17, 15) is 0 Å². The highest BCUT2D eigenvalue weighted by Gasteiger charge is 2.15. The van der Waals surface area contributed by atoms with Crippen LogP contribution in [0.5, 0.6) is 0 Å². The van der Waals surface area contributed by atoms with Crippen molar-refractivity contribution in [1.29, 1.82) is 0 Å². The van der Waals surface area contributed by atoms with Gasteiger partial charge in [-0.3, -0.25) is 0 Å². The van der Waals surface area contributed by atoms with E-state index in [1.165, 1.54) is 58.0 Å². The van der Waals surface area contributed by atoms with E-state index in [2.05, 4.69) is 31.1 Å². The molecule has 1 fully saturated rings. The highest BCUT2D eigenvalue weighted by atomic mass is 16.5. The van der Waals surface area contributed by atoms with Gasteiger partial charge in [-0.15, -0.1) is 0 Å². The Kier molecular flexibility index (Phi) is 9.48. The maximum atomic E-state index is 5.78. The Balaban J connectivity index is 1.88. The average Bonchev–Trinajstić information content (AvgIpc) is 2.38. The lowest BCUT2D eigenvalue weighted by Gasteiger charge is -2.27. The van der Waals surface area contributed by atoms with Gasteiger partial charge in [0.05, 0.1) is 6.10 Å². The second kappa shape index (κ2) is 10.6. The van der Waals surface area contributed by atoms with Crippen LogP contribution in [0.25, 0.3) is 0 Å². The average molecular weight is 270 g/mol. The van der Waals surface area contributed by atoms with Crippen molar-refractivity contribution in [2.24, 2.45) is 0 Å². The zero-order chi connectivity index (χ0) is 13.9. The number of nitrogens with zero attached hydrogens (tertiary/aromatic N) is 1. The second-order valence-corrected chi connectivity index (χ2v) is 6.27. The fraction of sp³-hybridized carbons (Fsp3) is 1.00. The summed E-state index contributed by atoms with van der Waals surface area (Å²) < 4.78 is 5.78. The van der Waals surface area contributed by atoms with Crippen LogP contribution in [0.1, 0.15) is 58.8 Å². The lowest BCUT2D eigenvalue weighted by Crippen LogP contribution is -2.33. The number of likely N-dealkylation sites (N-methyl/N-ethyl adjacent to an activating group) is 1. The summed E-state index contributed by atoms with van der Waals surface area (Å²) in [5.41, 5.74) is 0. The maximum absolute atomic E-state index is 5.78. The van der Waals surface area contributed by atoms with Crippen LogP contribution in [0.15, 0.2) is 0 Å². The molecular formula is C16H34N2O. The molecule has 0 amide bonds. The third-order valence-electron chi connectivity index (χ3n) is 3.81. The molecule has 1 atom stereocenters. The van der Waals surface area contributed by atoms with Gasteiger partial charge in [0.25, 0.3) is 0 Å². The van der Waals surface area contributed by atoms with Crippen LogP contribution in [0.4, 0.5) is 0 Å². The number of hydrogen-bond donors (Lipinski definition) is 1. The number of hydrogen-bond acceptors (Lipinski definition) is 3. The standard InChI is InChI=1S/C16H34N2O/c1-15(2)17-11-7-4-5-8-12-18(3)14-16-10-6-9-13-19-16/h15-17H,4-14H2,1-3H3. The van der Waals surface area contributed by atoms with Gasteiger partial charge in [0, 0.05) is 19.2 Å². The highest BCUT2D eigenvalue weighted by Crippen LogP contribution is 2.13. The van der Waals surface area contributed by atoms with E-state index >= 15 is 0 Å². The van der Waals surface area contributed by atoms with Gasteiger partial charge in [-0.25, -0.2) is 0 Å². The topological polar surface area (TPSA) is 24.5 Å². The van der Waals surface area contributed by atoms with E-state index in [-0.39, 0.29) is 0 Å². The fourth-order valence-corrected chi connectivity index (χ4v) is 2.64. The van der Waals surface area contributed by atoms with Crippen molar-refractivity contribution in [3.05, 3.63) is 0 Å². The van der Waals surface area contributed by atoms with Crippen molar-refractivity contribution in [2.75, 3.05) is 33.3 Å². The highest BCUT2D eigenvalue weighted by molar-refractivity contribution is 4.67. The molecule has 0 aromatic heterocycles. The Labute approximate surface area is 120 Å². The Hall–Kier alpha value is -0.120. The van der Waals surface area contributed by atoms with Crippen molar-refractivity contribution in [3.63, 3.8) is 0 Å². The zero-order valence-corrected chi connectivity index (χ0v) is 13.3. The monoisotopic (exact) mass is 270 g/mol.